The second-order valence-electron chi connectivity index (χ2n) is 9.58. The van der Waals surface area contributed by atoms with Crippen molar-refractivity contribution in [3.63, 3.8) is 0 Å². The third-order valence-corrected chi connectivity index (χ3v) is 6.50. The van der Waals surface area contributed by atoms with Gasteiger partial charge in [0.2, 0.25) is 5.91 Å². The van der Waals surface area contributed by atoms with Gasteiger partial charge in [0.15, 0.2) is 5.92 Å². The number of aromatic nitrogens is 1. The Balaban J connectivity index is 1.44. The number of hydrazone groups is 1. The molecule has 0 unspecified atom stereocenters. The third-order valence-electron chi connectivity index (χ3n) is 6.50. The number of hydrogen-bond acceptors (Lipinski definition) is 4. The molecular formula is C31H26F2N4O2. The fourth-order valence-corrected chi connectivity index (χ4v) is 4.57. The fourth-order valence-electron chi connectivity index (χ4n) is 4.57. The molecule has 0 saturated heterocycles. The molecule has 5 rings (SSSR count). The number of carbonyl (C=O) groups excluding carboxylic acids is 2. The first-order valence-corrected chi connectivity index (χ1v) is 12.5. The van der Waals surface area contributed by atoms with Crippen LogP contribution in [0.4, 0.5) is 20.2 Å². The number of pyridine rings is 1. The molecule has 1 aliphatic rings. The number of nitrogens with one attached hydrogen (secondary N) is 1. The van der Waals surface area contributed by atoms with Crippen molar-refractivity contribution in [2.75, 3.05) is 10.3 Å². The van der Waals surface area contributed by atoms with Crippen LogP contribution in [0.15, 0.2) is 102 Å². The maximum absolute atomic E-state index is 13.8. The van der Waals surface area contributed by atoms with E-state index in [0.717, 1.165) is 29.2 Å². The normalized spacial score (nSPS) is 15.3. The maximum atomic E-state index is 13.8. The lowest BCUT2D eigenvalue weighted by atomic mass is 9.98. The van der Waals surface area contributed by atoms with Gasteiger partial charge in [-0.15, -0.1) is 0 Å². The standard InChI is InChI=1S/C31H26F2N4O2/c1-20-28(29(38)35-26-12-6-11-25(18-26)31(2,32)33)30(39)37(36-20)27-16-22(14-21-8-4-3-5-9-21)15-24(17-27)23-10-7-13-34-19-23/h3-13,15-19,28H,14H2,1-2H3,(H,35,38)/t28-/m1/s1. The minimum atomic E-state index is -3.06. The van der Waals surface area contributed by atoms with Crippen LogP contribution in [0.25, 0.3) is 11.1 Å². The summed E-state index contributed by atoms with van der Waals surface area (Å²) < 4.78 is 27.5. The van der Waals surface area contributed by atoms with Crippen molar-refractivity contribution in [3.8, 4) is 11.1 Å². The van der Waals surface area contributed by atoms with E-state index in [0.29, 0.717) is 17.8 Å². The van der Waals surface area contributed by atoms with E-state index in [2.05, 4.69) is 15.4 Å². The quantitative estimate of drug-likeness (QED) is 0.283. The molecule has 2 amide bonds. The highest BCUT2D eigenvalue weighted by molar-refractivity contribution is 6.28. The van der Waals surface area contributed by atoms with E-state index in [1.165, 1.54) is 29.3 Å². The molecule has 39 heavy (non-hydrogen) atoms. The number of rotatable bonds is 7. The van der Waals surface area contributed by atoms with Gasteiger partial charge >= 0.3 is 0 Å². The van der Waals surface area contributed by atoms with Crippen LogP contribution < -0.4 is 10.3 Å². The second-order valence-corrected chi connectivity index (χ2v) is 9.58. The fraction of sp³-hybridized carbons (Fsp3) is 0.161. The van der Waals surface area contributed by atoms with E-state index in [1.54, 1.807) is 19.3 Å². The molecular weight excluding hydrogens is 498 g/mol. The molecule has 0 spiro atoms. The molecule has 0 saturated carbocycles. The molecule has 3 aromatic carbocycles. The summed E-state index contributed by atoms with van der Waals surface area (Å²) in [5, 5.41) is 8.27. The molecule has 4 aromatic rings. The Kier molecular flexibility index (Phi) is 7.02. The van der Waals surface area contributed by atoms with Crippen LogP contribution in [0.5, 0.6) is 0 Å². The van der Waals surface area contributed by atoms with Gasteiger partial charge in [-0.2, -0.15) is 10.1 Å². The minimum Gasteiger partial charge on any atom is -0.325 e. The molecule has 0 bridgehead atoms. The van der Waals surface area contributed by atoms with Gasteiger partial charge in [-0.1, -0.05) is 54.6 Å². The van der Waals surface area contributed by atoms with Gasteiger partial charge in [0.1, 0.15) is 0 Å². The van der Waals surface area contributed by atoms with Crippen LogP contribution in [0, 0.1) is 5.92 Å². The summed E-state index contributed by atoms with van der Waals surface area (Å²) in [6, 6.07) is 24.9. The zero-order chi connectivity index (χ0) is 27.6. The lowest BCUT2D eigenvalue weighted by molar-refractivity contribution is -0.127. The molecule has 0 fully saturated rings. The summed E-state index contributed by atoms with van der Waals surface area (Å²) in [7, 11) is 0. The number of nitrogens with zero attached hydrogens (tertiary/aromatic N) is 3. The highest BCUT2D eigenvalue weighted by Gasteiger charge is 2.40. The van der Waals surface area contributed by atoms with Crippen molar-refractivity contribution < 1.29 is 18.4 Å². The number of amides is 2. The Morgan fingerprint density at radius 2 is 1.74 bits per heavy atom. The van der Waals surface area contributed by atoms with Gasteiger partial charge in [-0.3, -0.25) is 14.6 Å². The van der Waals surface area contributed by atoms with Gasteiger partial charge in [-0.05, 0) is 60.4 Å². The lowest BCUT2D eigenvalue weighted by Gasteiger charge is -2.18. The highest BCUT2D eigenvalue weighted by Crippen LogP contribution is 2.32. The molecule has 6 nitrogen and oxygen atoms in total. The molecule has 1 aromatic heterocycles. The predicted octanol–water partition coefficient (Wildman–Crippen LogP) is 6.43. The third kappa shape index (κ3) is 5.75. The van der Waals surface area contributed by atoms with Crippen molar-refractivity contribution in [3.05, 3.63) is 114 Å². The Labute approximate surface area is 225 Å². The Hall–Kier alpha value is -4.72. The predicted molar refractivity (Wildman–Crippen MR) is 148 cm³/mol. The van der Waals surface area contributed by atoms with E-state index < -0.39 is 23.7 Å². The van der Waals surface area contributed by atoms with E-state index in [4.69, 9.17) is 0 Å². The SMILES string of the molecule is CC1=NN(c2cc(Cc3ccccc3)cc(-c3cccnc3)c2)C(=O)[C@H]1C(=O)Nc1cccc(C(C)(F)F)c1. The molecule has 8 heteroatoms. The largest absolute Gasteiger partial charge is 0.325 e. The van der Waals surface area contributed by atoms with Crippen LogP contribution >= 0.6 is 0 Å². The summed E-state index contributed by atoms with van der Waals surface area (Å²) in [6.07, 6.45) is 4.07. The zero-order valence-corrected chi connectivity index (χ0v) is 21.4. The number of benzene rings is 3. The van der Waals surface area contributed by atoms with Crippen molar-refractivity contribution >= 4 is 28.9 Å². The molecule has 0 radical (unpaired) electrons. The van der Waals surface area contributed by atoms with E-state index in [9.17, 15) is 18.4 Å². The number of anilines is 2. The summed E-state index contributed by atoms with van der Waals surface area (Å²) in [5.41, 5.74) is 4.59. The van der Waals surface area contributed by atoms with Crippen LogP contribution in [0.2, 0.25) is 0 Å². The Bertz CT molecular complexity index is 1550. The van der Waals surface area contributed by atoms with Crippen molar-refractivity contribution in [1.82, 2.24) is 4.98 Å². The number of hydrogen-bond donors (Lipinski definition) is 1. The van der Waals surface area contributed by atoms with Crippen LogP contribution in [0.3, 0.4) is 0 Å². The summed E-state index contributed by atoms with van der Waals surface area (Å²) in [4.78, 5) is 30.9. The van der Waals surface area contributed by atoms with Gasteiger partial charge < -0.3 is 5.32 Å². The van der Waals surface area contributed by atoms with E-state index >= 15 is 0 Å². The summed E-state index contributed by atoms with van der Waals surface area (Å²) in [5.74, 6) is -5.39. The average molecular weight is 525 g/mol. The first-order chi connectivity index (χ1) is 18.7. The van der Waals surface area contributed by atoms with Crippen LogP contribution in [0.1, 0.15) is 30.5 Å². The maximum Gasteiger partial charge on any atom is 0.270 e. The van der Waals surface area contributed by atoms with Gasteiger partial charge in [0.05, 0.1) is 11.4 Å². The minimum absolute atomic E-state index is 0.182. The zero-order valence-electron chi connectivity index (χ0n) is 21.4. The molecule has 1 aliphatic heterocycles. The Morgan fingerprint density at radius 3 is 2.46 bits per heavy atom. The van der Waals surface area contributed by atoms with Crippen LogP contribution in [-0.4, -0.2) is 22.5 Å². The summed E-state index contributed by atoms with van der Waals surface area (Å²) >= 11 is 0. The topological polar surface area (TPSA) is 74.7 Å². The van der Waals surface area contributed by atoms with E-state index in [1.807, 2.05) is 60.7 Å². The lowest BCUT2D eigenvalue weighted by Crippen LogP contribution is -2.36. The number of halogens is 2. The van der Waals surface area contributed by atoms with Gasteiger partial charge in [0, 0.05) is 36.1 Å². The molecule has 196 valence electrons. The molecule has 2 heterocycles. The van der Waals surface area contributed by atoms with Crippen molar-refractivity contribution in [2.45, 2.75) is 26.2 Å². The Morgan fingerprint density at radius 1 is 0.949 bits per heavy atom. The first-order valence-electron chi connectivity index (χ1n) is 12.5. The van der Waals surface area contributed by atoms with Crippen LogP contribution in [-0.2, 0) is 21.9 Å². The molecule has 1 N–H and O–H groups in total. The number of carbonyl (C=O) groups is 2. The van der Waals surface area contributed by atoms with Crippen molar-refractivity contribution in [2.24, 2.45) is 11.0 Å². The first kappa shape index (κ1) is 25.9. The van der Waals surface area contributed by atoms with E-state index in [-0.39, 0.29) is 11.3 Å². The molecule has 1 atom stereocenters. The monoisotopic (exact) mass is 524 g/mol. The number of alkyl halides is 2. The highest BCUT2D eigenvalue weighted by atomic mass is 19.3. The second kappa shape index (κ2) is 10.6. The average Bonchev–Trinajstić information content (AvgIpc) is 3.23. The van der Waals surface area contributed by atoms with Gasteiger partial charge in [-0.25, -0.2) is 8.78 Å². The van der Waals surface area contributed by atoms with Gasteiger partial charge in [0.25, 0.3) is 11.8 Å². The molecule has 0 aliphatic carbocycles. The smallest absolute Gasteiger partial charge is 0.270 e. The van der Waals surface area contributed by atoms with Crippen molar-refractivity contribution in [1.29, 1.82) is 0 Å². The summed E-state index contributed by atoms with van der Waals surface area (Å²) in [6.45, 7) is 2.39.